The molecule has 1 aromatic rings. The summed E-state index contributed by atoms with van der Waals surface area (Å²) in [4.78, 5) is 16.1. The summed E-state index contributed by atoms with van der Waals surface area (Å²) >= 11 is 0.779. The number of fused-ring (bicyclic) bond motifs is 1. The minimum Gasteiger partial charge on any atom is -0.497 e. The van der Waals surface area contributed by atoms with Gasteiger partial charge in [0.2, 0.25) is 19.4 Å². The number of hydrogen-bond donors (Lipinski definition) is 1. The zero-order chi connectivity index (χ0) is 18.2. The summed E-state index contributed by atoms with van der Waals surface area (Å²) < 4.78 is 28.8. The molecule has 10 heteroatoms. The quantitative estimate of drug-likeness (QED) is 0.801. The van der Waals surface area contributed by atoms with Gasteiger partial charge in [-0.2, -0.15) is 10.0 Å². The van der Waals surface area contributed by atoms with Crippen molar-refractivity contribution in [2.45, 2.75) is 6.92 Å². The van der Waals surface area contributed by atoms with Gasteiger partial charge < -0.3 is 4.74 Å². The van der Waals surface area contributed by atoms with Gasteiger partial charge in [0, 0.05) is 0 Å². The van der Waals surface area contributed by atoms with Crippen LogP contribution in [0.5, 0.6) is 5.75 Å². The largest absolute Gasteiger partial charge is 0.497 e. The van der Waals surface area contributed by atoms with Crippen LogP contribution >= 0.6 is 11.8 Å². The SMILES string of the molecule is CCS(=O)(=O)C1=NN2C(=N)/C(=C\c3ccc(OC)cc3)C(=O)N=C2S1. The number of benzene rings is 1. The second-order valence-corrected chi connectivity index (χ2v) is 8.47. The van der Waals surface area contributed by atoms with Crippen LogP contribution in [0.1, 0.15) is 12.5 Å². The third-order valence-corrected chi connectivity index (χ3v) is 6.60. The molecule has 0 unspecified atom stereocenters. The van der Waals surface area contributed by atoms with Crippen LogP contribution in [0.4, 0.5) is 0 Å². The number of ether oxygens (including phenoxy) is 1. The first kappa shape index (κ1) is 17.4. The predicted octanol–water partition coefficient (Wildman–Crippen LogP) is 1.71. The number of nitrogens with one attached hydrogen (secondary N) is 1. The molecule has 2 heterocycles. The van der Waals surface area contributed by atoms with Crippen molar-refractivity contribution in [1.82, 2.24) is 5.01 Å². The Balaban J connectivity index is 1.96. The molecular formula is C15H14N4O4S2. The van der Waals surface area contributed by atoms with Crippen LogP contribution < -0.4 is 4.74 Å². The van der Waals surface area contributed by atoms with E-state index in [4.69, 9.17) is 10.1 Å². The highest BCUT2D eigenvalue weighted by atomic mass is 32.3. The minimum absolute atomic E-state index is 0.0356. The van der Waals surface area contributed by atoms with Gasteiger partial charge in [0.1, 0.15) is 5.75 Å². The molecule has 0 bridgehead atoms. The summed E-state index contributed by atoms with van der Waals surface area (Å²) in [5.74, 6) is -0.262. The maximum Gasteiger partial charge on any atom is 0.283 e. The average Bonchev–Trinajstić information content (AvgIpc) is 3.04. The van der Waals surface area contributed by atoms with Gasteiger partial charge in [-0.25, -0.2) is 8.42 Å². The Kier molecular flexibility index (Phi) is 4.48. The Morgan fingerprint density at radius 1 is 1.32 bits per heavy atom. The fourth-order valence-corrected chi connectivity index (χ4v) is 4.25. The van der Waals surface area contributed by atoms with Crippen molar-refractivity contribution >= 4 is 49.0 Å². The Morgan fingerprint density at radius 3 is 2.60 bits per heavy atom. The highest BCUT2D eigenvalue weighted by Crippen LogP contribution is 2.30. The Labute approximate surface area is 148 Å². The van der Waals surface area contributed by atoms with Crippen LogP contribution in [-0.2, 0) is 14.6 Å². The summed E-state index contributed by atoms with van der Waals surface area (Å²) in [6, 6.07) is 6.93. The number of hydrazone groups is 1. The Hall–Kier alpha value is -2.46. The van der Waals surface area contributed by atoms with Crippen LogP contribution in [0.25, 0.3) is 6.08 Å². The number of hydrogen-bond acceptors (Lipinski definition) is 7. The van der Waals surface area contributed by atoms with Crippen LogP contribution in [0.3, 0.4) is 0 Å². The first-order chi connectivity index (χ1) is 11.9. The van der Waals surface area contributed by atoms with E-state index in [2.05, 4.69) is 10.1 Å². The number of amides is 1. The number of sulfone groups is 1. The van der Waals surface area contributed by atoms with E-state index >= 15 is 0 Å². The number of methoxy groups -OCH3 is 1. The number of carbonyl (C=O) groups is 1. The van der Waals surface area contributed by atoms with Gasteiger partial charge in [-0.15, -0.1) is 5.10 Å². The van der Waals surface area contributed by atoms with Crippen molar-refractivity contribution in [3.8, 4) is 5.75 Å². The van der Waals surface area contributed by atoms with Crippen molar-refractivity contribution < 1.29 is 17.9 Å². The molecule has 2 aliphatic heterocycles. The molecule has 2 aliphatic rings. The molecule has 1 N–H and O–H groups in total. The van der Waals surface area contributed by atoms with Crippen LogP contribution in [0.2, 0.25) is 0 Å². The number of amidine groups is 2. The van der Waals surface area contributed by atoms with Crippen molar-refractivity contribution in [2.24, 2.45) is 10.1 Å². The van der Waals surface area contributed by atoms with Gasteiger partial charge in [0.25, 0.3) is 5.91 Å². The van der Waals surface area contributed by atoms with Crippen LogP contribution in [0, 0.1) is 5.41 Å². The van der Waals surface area contributed by atoms with E-state index in [1.54, 1.807) is 31.4 Å². The van der Waals surface area contributed by atoms with Gasteiger partial charge in [-0.1, -0.05) is 19.1 Å². The van der Waals surface area contributed by atoms with E-state index in [0.29, 0.717) is 11.3 Å². The lowest BCUT2D eigenvalue weighted by molar-refractivity contribution is -0.114. The molecular weight excluding hydrogens is 364 g/mol. The van der Waals surface area contributed by atoms with E-state index in [9.17, 15) is 13.2 Å². The molecule has 1 amide bonds. The molecule has 0 atom stereocenters. The molecule has 0 spiro atoms. The van der Waals surface area contributed by atoms with Crippen molar-refractivity contribution in [2.75, 3.05) is 12.9 Å². The molecule has 0 fully saturated rings. The molecule has 0 aromatic heterocycles. The number of rotatable bonds is 3. The van der Waals surface area contributed by atoms with Crippen molar-refractivity contribution in [3.05, 3.63) is 35.4 Å². The number of aliphatic imine (C=N–C) groups is 1. The third kappa shape index (κ3) is 3.22. The number of carbonyl (C=O) groups excluding carboxylic acids is 1. The molecule has 0 radical (unpaired) electrons. The smallest absolute Gasteiger partial charge is 0.283 e. The van der Waals surface area contributed by atoms with E-state index in [-0.39, 0.29) is 26.7 Å². The second kappa shape index (κ2) is 6.45. The molecule has 130 valence electrons. The monoisotopic (exact) mass is 378 g/mol. The molecule has 25 heavy (non-hydrogen) atoms. The molecule has 0 saturated carbocycles. The summed E-state index contributed by atoms with van der Waals surface area (Å²) in [5.41, 5.74) is 0.721. The van der Waals surface area contributed by atoms with Crippen LogP contribution in [-0.4, -0.2) is 47.6 Å². The maximum atomic E-state index is 12.2. The van der Waals surface area contributed by atoms with Gasteiger partial charge >= 0.3 is 0 Å². The molecule has 8 nitrogen and oxygen atoms in total. The fourth-order valence-electron chi connectivity index (χ4n) is 2.09. The predicted molar refractivity (Wildman–Crippen MR) is 97.5 cm³/mol. The third-order valence-electron chi connectivity index (χ3n) is 3.51. The normalized spacial score (nSPS) is 19.0. The molecule has 3 rings (SSSR count). The highest BCUT2D eigenvalue weighted by Gasteiger charge is 2.39. The number of thioether (sulfide) groups is 1. The maximum absolute atomic E-state index is 12.2. The number of nitrogens with zero attached hydrogens (tertiary/aromatic N) is 3. The first-order valence-corrected chi connectivity index (χ1v) is 9.69. The zero-order valence-electron chi connectivity index (χ0n) is 13.4. The Morgan fingerprint density at radius 2 is 2.00 bits per heavy atom. The lowest BCUT2D eigenvalue weighted by Gasteiger charge is -2.20. The lowest BCUT2D eigenvalue weighted by Crippen LogP contribution is -2.35. The average molecular weight is 378 g/mol. The summed E-state index contributed by atoms with van der Waals surface area (Å²) in [7, 11) is -1.98. The summed E-state index contributed by atoms with van der Waals surface area (Å²) in [5, 5.41) is 13.3. The first-order valence-electron chi connectivity index (χ1n) is 7.22. The molecule has 0 saturated heterocycles. The van der Waals surface area contributed by atoms with E-state index in [1.807, 2.05) is 0 Å². The summed E-state index contributed by atoms with van der Waals surface area (Å²) in [6.07, 6.45) is 1.51. The molecule has 1 aromatic carbocycles. The van der Waals surface area contributed by atoms with Crippen molar-refractivity contribution in [3.63, 3.8) is 0 Å². The van der Waals surface area contributed by atoms with Gasteiger partial charge in [0.15, 0.2) is 5.84 Å². The van der Waals surface area contributed by atoms with Crippen molar-refractivity contribution in [1.29, 1.82) is 5.41 Å². The van der Waals surface area contributed by atoms with E-state index in [1.165, 1.54) is 13.0 Å². The zero-order valence-corrected chi connectivity index (χ0v) is 15.0. The van der Waals surface area contributed by atoms with Crippen LogP contribution in [0.15, 0.2) is 39.9 Å². The highest BCUT2D eigenvalue weighted by molar-refractivity contribution is 8.42. The second-order valence-electron chi connectivity index (χ2n) is 5.06. The summed E-state index contributed by atoms with van der Waals surface area (Å²) in [6.45, 7) is 1.50. The topological polar surface area (TPSA) is 112 Å². The standard InChI is InChI=1S/C15H14N4O4S2/c1-3-25(21,22)15-18-19-12(16)11(13(20)17-14(19)24-15)8-9-4-6-10(23-2)7-5-9/h4-8,16H,3H2,1-2H3/b11-8+,16-12?. The Bertz CT molecular complexity index is 946. The van der Waals surface area contributed by atoms with Gasteiger partial charge in [0.05, 0.1) is 18.4 Å². The van der Waals surface area contributed by atoms with E-state index < -0.39 is 15.7 Å². The van der Waals surface area contributed by atoms with Gasteiger partial charge in [-0.3, -0.25) is 10.2 Å². The van der Waals surface area contributed by atoms with E-state index in [0.717, 1.165) is 16.8 Å². The van der Waals surface area contributed by atoms with Gasteiger partial charge in [-0.05, 0) is 35.5 Å². The lowest BCUT2D eigenvalue weighted by atomic mass is 10.1. The fraction of sp³-hybridized carbons (Fsp3) is 0.200. The minimum atomic E-state index is -3.53. The molecule has 0 aliphatic carbocycles.